The van der Waals surface area contributed by atoms with Gasteiger partial charge in [-0.3, -0.25) is 9.20 Å². The summed E-state index contributed by atoms with van der Waals surface area (Å²) >= 11 is 0. The Morgan fingerprint density at radius 1 is 1.20 bits per heavy atom. The Morgan fingerprint density at radius 2 is 1.95 bits per heavy atom. The van der Waals surface area contributed by atoms with Crippen molar-refractivity contribution in [2.24, 2.45) is 0 Å². The summed E-state index contributed by atoms with van der Waals surface area (Å²) < 4.78 is 44.8. The highest BCUT2D eigenvalue weighted by molar-refractivity contribution is 6.01. The maximum Gasteiger partial charge on any atom is 0.387 e. The Bertz CT molecular complexity index is 1430. The number of aliphatic hydroxyl groups is 1. The van der Waals surface area contributed by atoms with Crippen molar-refractivity contribution in [3.8, 4) is 34.6 Å². The maximum atomic E-state index is 13.4. The van der Waals surface area contributed by atoms with Gasteiger partial charge in [0.25, 0.3) is 5.91 Å². The number of nitriles is 1. The molecule has 0 radical (unpaired) electrons. The van der Waals surface area contributed by atoms with E-state index in [1.165, 1.54) is 37.3 Å². The van der Waals surface area contributed by atoms with Gasteiger partial charge >= 0.3 is 6.61 Å². The van der Waals surface area contributed by atoms with E-state index in [-0.39, 0.29) is 36.6 Å². The molecule has 218 valence electrons. The van der Waals surface area contributed by atoms with Crippen LogP contribution in [-0.4, -0.2) is 88.9 Å². The van der Waals surface area contributed by atoms with Crippen molar-refractivity contribution in [2.45, 2.75) is 44.3 Å². The molecule has 1 aromatic carbocycles. The lowest BCUT2D eigenvalue weighted by atomic mass is 9.90. The Morgan fingerprint density at radius 3 is 2.66 bits per heavy atom. The molecule has 2 fully saturated rings. The van der Waals surface area contributed by atoms with Crippen LogP contribution in [0.15, 0.2) is 36.7 Å². The number of fused-ring (bicyclic) bond motifs is 1. The first-order valence-electron chi connectivity index (χ1n) is 13.7. The predicted molar refractivity (Wildman–Crippen MR) is 145 cm³/mol. The average Bonchev–Trinajstić information content (AvgIpc) is 3.37. The molecule has 2 aliphatic rings. The summed E-state index contributed by atoms with van der Waals surface area (Å²) in [6.45, 7) is 0.505. The molecule has 0 bridgehead atoms. The van der Waals surface area contributed by atoms with Crippen LogP contribution in [0.4, 0.5) is 8.78 Å². The van der Waals surface area contributed by atoms with Crippen molar-refractivity contribution in [3.63, 3.8) is 0 Å². The van der Waals surface area contributed by atoms with E-state index < -0.39 is 18.1 Å². The Hall–Kier alpha value is -3.95. The smallest absolute Gasteiger partial charge is 0.387 e. The monoisotopic (exact) mass is 569 g/mol. The number of rotatable bonds is 11. The van der Waals surface area contributed by atoms with Crippen LogP contribution in [0.1, 0.15) is 42.5 Å². The summed E-state index contributed by atoms with van der Waals surface area (Å²) in [7, 11) is 1.33. The van der Waals surface area contributed by atoms with Gasteiger partial charge < -0.3 is 29.1 Å². The van der Waals surface area contributed by atoms with E-state index in [9.17, 15) is 18.7 Å². The predicted octanol–water partition coefficient (Wildman–Crippen LogP) is 3.97. The number of methoxy groups -OCH3 is 1. The number of carbonyl (C=O) groups is 1. The first kappa shape index (κ1) is 28.6. The molecule has 0 saturated carbocycles. The standard InChI is InChI=1S/C29H33F2N5O5/c1-39-23-14-20(15-24(41-28(30)31)26(23)27(37)35-18-29(38,19-35)7-8-32)22-17-33-25-16-21(6-12-36(22)25)40-13-5-11-34-9-3-2-4-10-34/h6,12,14-17,28,38H,2-5,7,9-11,13,18-19H2,1H3. The Labute approximate surface area is 236 Å². The number of piperidine rings is 1. The molecule has 0 unspecified atom stereocenters. The highest BCUT2D eigenvalue weighted by Crippen LogP contribution is 2.39. The van der Waals surface area contributed by atoms with Crippen LogP contribution < -0.4 is 14.2 Å². The first-order chi connectivity index (χ1) is 19.8. The number of hydrogen-bond donors (Lipinski definition) is 1. The molecule has 4 heterocycles. The second kappa shape index (κ2) is 12.3. The maximum absolute atomic E-state index is 13.4. The number of pyridine rings is 1. The van der Waals surface area contributed by atoms with E-state index in [1.807, 2.05) is 18.2 Å². The summed E-state index contributed by atoms with van der Waals surface area (Å²) in [5.41, 5.74) is 0.0981. The van der Waals surface area contributed by atoms with Gasteiger partial charge in [-0.25, -0.2) is 4.98 Å². The zero-order chi connectivity index (χ0) is 29.0. The molecule has 12 heteroatoms. The summed E-state index contributed by atoms with van der Waals surface area (Å²) in [5, 5.41) is 19.2. The number of halogens is 2. The summed E-state index contributed by atoms with van der Waals surface area (Å²) in [6, 6.07) is 8.41. The molecule has 1 N–H and O–H groups in total. The van der Waals surface area contributed by atoms with Gasteiger partial charge in [0.1, 0.15) is 34.1 Å². The van der Waals surface area contributed by atoms with Crippen LogP contribution in [0.2, 0.25) is 0 Å². The average molecular weight is 570 g/mol. The second-order valence-corrected chi connectivity index (χ2v) is 10.5. The van der Waals surface area contributed by atoms with Crippen LogP contribution in [0, 0.1) is 11.3 Å². The van der Waals surface area contributed by atoms with Gasteiger partial charge in [0.2, 0.25) is 0 Å². The zero-order valence-electron chi connectivity index (χ0n) is 22.9. The number of amides is 1. The number of imidazole rings is 1. The molecule has 1 amide bonds. The Kier molecular flexibility index (Phi) is 8.56. The molecule has 2 saturated heterocycles. The van der Waals surface area contributed by atoms with E-state index >= 15 is 0 Å². The largest absolute Gasteiger partial charge is 0.496 e. The number of hydrogen-bond acceptors (Lipinski definition) is 8. The molecule has 0 spiro atoms. The molecule has 0 aliphatic carbocycles. The van der Waals surface area contributed by atoms with Crippen LogP contribution >= 0.6 is 0 Å². The molecule has 5 rings (SSSR count). The van der Waals surface area contributed by atoms with Crippen LogP contribution in [0.3, 0.4) is 0 Å². The third-order valence-corrected chi connectivity index (χ3v) is 7.50. The fourth-order valence-electron chi connectivity index (χ4n) is 5.45. The minimum atomic E-state index is -3.19. The number of ether oxygens (including phenoxy) is 3. The van der Waals surface area contributed by atoms with E-state index in [1.54, 1.807) is 22.9 Å². The van der Waals surface area contributed by atoms with E-state index in [0.717, 1.165) is 26.1 Å². The lowest BCUT2D eigenvalue weighted by Crippen LogP contribution is -2.63. The fraction of sp³-hybridized carbons (Fsp3) is 0.483. The van der Waals surface area contributed by atoms with Gasteiger partial charge in [0.05, 0.1) is 51.2 Å². The van der Waals surface area contributed by atoms with Crippen LogP contribution in [0.5, 0.6) is 17.2 Å². The highest BCUT2D eigenvalue weighted by Gasteiger charge is 2.45. The molecular formula is C29H33F2N5O5. The fourth-order valence-corrected chi connectivity index (χ4v) is 5.45. The molecule has 10 nitrogen and oxygen atoms in total. The number of carbonyl (C=O) groups excluding carboxylic acids is 1. The number of β-amino-alcohol motifs (C(OH)–C–C–N with tert-alkyl or cyclic N) is 1. The minimum absolute atomic E-state index is 0.0301. The van der Waals surface area contributed by atoms with E-state index in [2.05, 4.69) is 9.88 Å². The number of benzene rings is 1. The molecule has 3 aromatic rings. The highest BCUT2D eigenvalue weighted by atomic mass is 19.3. The number of nitrogens with zero attached hydrogens (tertiary/aromatic N) is 5. The van der Waals surface area contributed by atoms with Gasteiger partial charge in [-0.05, 0) is 50.6 Å². The number of likely N-dealkylation sites (tertiary alicyclic amines) is 2. The molecule has 2 aliphatic heterocycles. The van der Waals surface area contributed by atoms with Crippen molar-refractivity contribution in [1.29, 1.82) is 5.26 Å². The molecule has 2 aromatic heterocycles. The van der Waals surface area contributed by atoms with Crippen molar-refractivity contribution in [1.82, 2.24) is 19.2 Å². The summed E-state index contributed by atoms with van der Waals surface area (Å²) in [4.78, 5) is 21.4. The first-order valence-corrected chi connectivity index (χ1v) is 13.7. The minimum Gasteiger partial charge on any atom is -0.496 e. The van der Waals surface area contributed by atoms with Crippen molar-refractivity contribution in [3.05, 3.63) is 42.2 Å². The molecule has 41 heavy (non-hydrogen) atoms. The van der Waals surface area contributed by atoms with Crippen LogP contribution in [0.25, 0.3) is 16.9 Å². The number of alkyl halides is 2. The normalized spacial score (nSPS) is 16.8. The topological polar surface area (TPSA) is 113 Å². The molecular weight excluding hydrogens is 536 g/mol. The number of aromatic nitrogens is 2. The lowest BCUT2D eigenvalue weighted by molar-refractivity contribution is -0.0779. The van der Waals surface area contributed by atoms with E-state index in [0.29, 0.717) is 29.3 Å². The van der Waals surface area contributed by atoms with Crippen LogP contribution in [-0.2, 0) is 0 Å². The third-order valence-electron chi connectivity index (χ3n) is 7.50. The SMILES string of the molecule is COc1cc(-c2cnc3cc(OCCCN4CCCCC4)ccn23)cc(OC(F)F)c1C(=O)N1CC(O)(CC#N)C1. The van der Waals surface area contributed by atoms with Gasteiger partial charge in [0.15, 0.2) is 0 Å². The van der Waals surface area contributed by atoms with Gasteiger partial charge in [-0.1, -0.05) is 6.42 Å². The van der Waals surface area contributed by atoms with Crippen molar-refractivity contribution < 1.29 is 32.9 Å². The Balaban J connectivity index is 1.35. The van der Waals surface area contributed by atoms with Gasteiger partial charge in [0, 0.05) is 24.4 Å². The van der Waals surface area contributed by atoms with Gasteiger partial charge in [-0.2, -0.15) is 14.0 Å². The second-order valence-electron chi connectivity index (χ2n) is 10.5. The van der Waals surface area contributed by atoms with Crippen molar-refractivity contribution in [2.75, 3.05) is 46.4 Å². The van der Waals surface area contributed by atoms with E-state index in [4.69, 9.17) is 19.5 Å². The van der Waals surface area contributed by atoms with Gasteiger partial charge in [-0.15, -0.1) is 0 Å². The summed E-state index contributed by atoms with van der Waals surface area (Å²) in [5.74, 6) is -0.299. The van der Waals surface area contributed by atoms with Crippen molar-refractivity contribution >= 4 is 11.6 Å². The zero-order valence-corrected chi connectivity index (χ0v) is 22.9. The quantitative estimate of drug-likeness (QED) is 0.346. The summed E-state index contributed by atoms with van der Waals surface area (Å²) in [6.07, 6.45) is 7.98. The lowest BCUT2D eigenvalue weighted by Gasteiger charge is -2.45. The molecule has 0 atom stereocenters. The third kappa shape index (κ3) is 6.36.